The van der Waals surface area contributed by atoms with Crippen molar-refractivity contribution in [2.45, 2.75) is 12.5 Å². The largest absolute Gasteiger partial charge is 0.375 e. The quantitative estimate of drug-likeness (QED) is 0.718. The van der Waals surface area contributed by atoms with Gasteiger partial charge in [-0.05, 0) is 41.0 Å². The van der Waals surface area contributed by atoms with Gasteiger partial charge in [-0.15, -0.1) is 11.3 Å². The Bertz CT molecular complexity index is 1020. The summed E-state index contributed by atoms with van der Waals surface area (Å²) in [6.07, 6.45) is 2.20. The van der Waals surface area contributed by atoms with E-state index in [0.717, 1.165) is 22.5 Å². The van der Waals surface area contributed by atoms with Crippen molar-refractivity contribution in [3.63, 3.8) is 0 Å². The summed E-state index contributed by atoms with van der Waals surface area (Å²) in [4.78, 5) is 5.03. The molecular weight excluding hydrogens is 380 g/mol. The van der Waals surface area contributed by atoms with Crippen LogP contribution in [0.3, 0.4) is 0 Å². The smallest absolute Gasteiger partial charge is 0.141 e. The number of morpholine rings is 1. The molecular formula is C21H17F2N3OS. The van der Waals surface area contributed by atoms with Crippen molar-refractivity contribution in [1.82, 2.24) is 10.3 Å². The normalized spacial score (nSPS) is 16.7. The number of ether oxygens (including phenoxy) is 1. The molecule has 4 rings (SSSR count). The van der Waals surface area contributed by atoms with Crippen LogP contribution >= 0.6 is 11.3 Å². The van der Waals surface area contributed by atoms with Gasteiger partial charge in [0.15, 0.2) is 0 Å². The van der Waals surface area contributed by atoms with Crippen LogP contribution in [0, 0.1) is 23.0 Å². The number of nitriles is 1. The molecule has 0 aliphatic carbocycles. The second-order valence-corrected chi connectivity index (χ2v) is 7.45. The van der Waals surface area contributed by atoms with E-state index in [9.17, 15) is 8.78 Å². The molecule has 7 heteroatoms. The molecule has 1 atom stereocenters. The molecule has 142 valence electrons. The maximum absolute atomic E-state index is 14.5. The monoisotopic (exact) mass is 397 g/mol. The fourth-order valence-corrected chi connectivity index (χ4v) is 4.17. The molecule has 28 heavy (non-hydrogen) atoms. The van der Waals surface area contributed by atoms with Crippen molar-refractivity contribution >= 4 is 11.3 Å². The topological polar surface area (TPSA) is 57.9 Å². The van der Waals surface area contributed by atoms with E-state index in [2.05, 4.69) is 10.3 Å². The molecule has 1 unspecified atom stereocenters. The second-order valence-electron chi connectivity index (χ2n) is 6.56. The van der Waals surface area contributed by atoms with Crippen LogP contribution in [0.1, 0.15) is 11.1 Å². The Morgan fingerprint density at radius 2 is 2.18 bits per heavy atom. The molecule has 0 bridgehead atoms. The van der Waals surface area contributed by atoms with Gasteiger partial charge in [-0.1, -0.05) is 6.07 Å². The summed E-state index contributed by atoms with van der Waals surface area (Å²) in [5.41, 5.74) is 4.38. The number of nitrogens with zero attached hydrogens (tertiary/aromatic N) is 2. The summed E-state index contributed by atoms with van der Waals surface area (Å²) in [6.45, 7) is 2.11. The first-order chi connectivity index (χ1) is 13.7. The molecule has 0 spiro atoms. The number of aromatic nitrogens is 1. The molecule has 4 nitrogen and oxygen atoms in total. The van der Waals surface area contributed by atoms with Crippen molar-refractivity contribution in [3.8, 4) is 27.6 Å². The van der Waals surface area contributed by atoms with Gasteiger partial charge in [-0.25, -0.2) is 8.78 Å². The third-order valence-electron chi connectivity index (χ3n) is 4.72. The molecule has 1 aliphatic rings. The van der Waals surface area contributed by atoms with Gasteiger partial charge in [0.2, 0.25) is 0 Å². The standard InChI is InChI=1S/C21H17F2N3OS/c22-16-5-15(6-17-10-25-3-4-27-17)21(20-11-26-12-28-20)18(8-16)13-1-2-14(9-24)19(23)7-13/h1-2,5,7-8,11-12,17,25H,3-4,6,10H2. The average molecular weight is 397 g/mol. The molecule has 1 fully saturated rings. The van der Waals surface area contributed by atoms with Crippen LogP contribution in [0.25, 0.3) is 21.6 Å². The lowest BCUT2D eigenvalue weighted by Gasteiger charge is -2.25. The van der Waals surface area contributed by atoms with Crippen LogP contribution in [0.2, 0.25) is 0 Å². The van der Waals surface area contributed by atoms with Crippen LogP contribution in [-0.4, -0.2) is 30.8 Å². The lowest BCUT2D eigenvalue weighted by Crippen LogP contribution is -2.39. The third-order valence-corrected chi connectivity index (χ3v) is 5.51. The van der Waals surface area contributed by atoms with Crippen LogP contribution in [0.15, 0.2) is 42.0 Å². The first-order valence-electron chi connectivity index (χ1n) is 8.89. The van der Waals surface area contributed by atoms with Crippen molar-refractivity contribution in [3.05, 3.63) is 64.8 Å². The minimum Gasteiger partial charge on any atom is -0.375 e. The average Bonchev–Trinajstić information content (AvgIpc) is 3.22. The first kappa shape index (κ1) is 18.7. The number of benzene rings is 2. The van der Waals surface area contributed by atoms with Gasteiger partial charge >= 0.3 is 0 Å². The van der Waals surface area contributed by atoms with E-state index in [0.29, 0.717) is 30.7 Å². The molecule has 0 saturated carbocycles. The summed E-state index contributed by atoms with van der Waals surface area (Å²) in [7, 11) is 0. The molecule has 1 aliphatic heterocycles. The maximum atomic E-state index is 14.5. The van der Waals surface area contributed by atoms with Crippen LogP contribution in [0.5, 0.6) is 0 Å². The number of thiazole rings is 1. The zero-order valence-electron chi connectivity index (χ0n) is 14.9. The predicted molar refractivity (Wildman–Crippen MR) is 104 cm³/mol. The number of rotatable bonds is 4. The lowest BCUT2D eigenvalue weighted by molar-refractivity contribution is 0.0293. The van der Waals surface area contributed by atoms with Gasteiger partial charge in [0.1, 0.15) is 17.7 Å². The molecule has 3 aromatic rings. The van der Waals surface area contributed by atoms with Gasteiger partial charge in [0.05, 0.1) is 28.7 Å². The van der Waals surface area contributed by atoms with E-state index in [1.165, 1.54) is 35.6 Å². The molecule has 2 aromatic carbocycles. The SMILES string of the molecule is N#Cc1ccc(-c2cc(F)cc(CC3CNCCO3)c2-c2cncs2)cc1F. The maximum Gasteiger partial charge on any atom is 0.141 e. The Hall–Kier alpha value is -2.66. The Kier molecular flexibility index (Phi) is 5.44. The summed E-state index contributed by atoms with van der Waals surface area (Å²) >= 11 is 1.44. The summed E-state index contributed by atoms with van der Waals surface area (Å²) in [5, 5.41) is 12.3. The van der Waals surface area contributed by atoms with Crippen LogP contribution < -0.4 is 5.32 Å². The Morgan fingerprint density at radius 3 is 2.86 bits per heavy atom. The minimum absolute atomic E-state index is 0.0404. The van der Waals surface area contributed by atoms with Crippen molar-refractivity contribution < 1.29 is 13.5 Å². The number of hydrogen-bond donors (Lipinski definition) is 1. The predicted octanol–water partition coefficient (Wildman–Crippen LogP) is 4.16. The highest BCUT2D eigenvalue weighted by molar-refractivity contribution is 7.13. The molecule has 1 N–H and O–H groups in total. The van der Waals surface area contributed by atoms with Gasteiger partial charge in [-0.3, -0.25) is 4.98 Å². The van der Waals surface area contributed by atoms with E-state index >= 15 is 0 Å². The summed E-state index contributed by atoms with van der Waals surface area (Å²) in [5.74, 6) is -1.02. The van der Waals surface area contributed by atoms with Crippen molar-refractivity contribution in [1.29, 1.82) is 5.26 Å². The molecule has 2 heterocycles. The highest BCUT2D eigenvalue weighted by Crippen LogP contribution is 2.39. The minimum atomic E-state index is -0.624. The second kappa shape index (κ2) is 8.15. The number of halogens is 2. The Balaban J connectivity index is 1.85. The first-order valence-corrected chi connectivity index (χ1v) is 9.77. The number of hydrogen-bond acceptors (Lipinski definition) is 5. The Labute approximate surface area is 165 Å². The van der Waals surface area contributed by atoms with Crippen molar-refractivity contribution in [2.75, 3.05) is 19.7 Å². The van der Waals surface area contributed by atoms with Gasteiger partial charge in [-0.2, -0.15) is 5.26 Å². The highest BCUT2D eigenvalue weighted by Gasteiger charge is 2.21. The van der Waals surface area contributed by atoms with E-state index in [1.807, 2.05) is 6.07 Å². The highest BCUT2D eigenvalue weighted by atomic mass is 32.1. The fourth-order valence-electron chi connectivity index (χ4n) is 3.45. The molecule has 0 amide bonds. The molecule has 1 saturated heterocycles. The summed E-state index contributed by atoms with van der Waals surface area (Å²) in [6, 6.07) is 9.06. The van der Waals surface area contributed by atoms with E-state index < -0.39 is 11.6 Å². The third kappa shape index (κ3) is 3.80. The zero-order chi connectivity index (χ0) is 19.5. The fraction of sp³-hybridized carbons (Fsp3) is 0.238. The number of nitrogens with one attached hydrogen (secondary N) is 1. The van der Waals surface area contributed by atoms with Crippen LogP contribution in [0.4, 0.5) is 8.78 Å². The van der Waals surface area contributed by atoms with Gasteiger partial charge in [0, 0.05) is 31.3 Å². The van der Waals surface area contributed by atoms with Gasteiger partial charge in [0.25, 0.3) is 0 Å². The zero-order valence-corrected chi connectivity index (χ0v) is 15.7. The molecule has 1 aromatic heterocycles. The summed E-state index contributed by atoms with van der Waals surface area (Å²) < 4.78 is 34.5. The van der Waals surface area contributed by atoms with E-state index in [-0.39, 0.29) is 11.7 Å². The van der Waals surface area contributed by atoms with Gasteiger partial charge < -0.3 is 10.1 Å². The lowest BCUT2D eigenvalue weighted by atomic mass is 9.91. The van der Waals surface area contributed by atoms with E-state index in [4.69, 9.17) is 10.00 Å². The van der Waals surface area contributed by atoms with E-state index in [1.54, 1.807) is 17.8 Å². The Morgan fingerprint density at radius 1 is 1.29 bits per heavy atom. The van der Waals surface area contributed by atoms with Crippen LogP contribution in [-0.2, 0) is 11.2 Å². The van der Waals surface area contributed by atoms with Crippen molar-refractivity contribution in [2.24, 2.45) is 0 Å². The molecule has 0 radical (unpaired) electrons.